The molecule has 68 valence electrons. The zero-order chi connectivity index (χ0) is 9.84. The van der Waals surface area contributed by atoms with Gasteiger partial charge in [-0.2, -0.15) is 0 Å². The third-order valence-corrected chi connectivity index (χ3v) is 2.04. The molecule has 1 rings (SSSR count). The third kappa shape index (κ3) is 3.03. The Morgan fingerprint density at radius 1 is 1.54 bits per heavy atom. The van der Waals surface area contributed by atoms with Crippen molar-refractivity contribution in [1.29, 1.82) is 0 Å². The van der Waals surface area contributed by atoms with Gasteiger partial charge < -0.3 is 5.73 Å². The van der Waals surface area contributed by atoms with Gasteiger partial charge >= 0.3 is 0 Å². The van der Waals surface area contributed by atoms with E-state index < -0.39 is 0 Å². The average molecular weight is 240 g/mol. The van der Waals surface area contributed by atoms with E-state index >= 15 is 0 Å². The van der Waals surface area contributed by atoms with Crippen LogP contribution < -0.4 is 5.73 Å². The van der Waals surface area contributed by atoms with Crippen LogP contribution in [0.3, 0.4) is 0 Å². The molecule has 0 unspecified atom stereocenters. The molecule has 0 aliphatic rings. The molecule has 0 saturated heterocycles. The van der Waals surface area contributed by atoms with Gasteiger partial charge in [0.2, 0.25) is 0 Å². The first-order valence-corrected chi connectivity index (χ1v) is 4.62. The summed E-state index contributed by atoms with van der Waals surface area (Å²) in [4.78, 5) is 10.7. The third-order valence-electron chi connectivity index (χ3n) is 1.55. The van der Waals surface area contributed by atoms with Crippen LogP contribution in [0.5, 0.6) is 0 Å². The molecule has 0 bridgehead atoms. The van der Waals surface area contributed by atoms with Gasteiger partial charge in [0.25, 0.3) is 0 Å². The maximum atomic E-state index is 10.7. The van der Waals surface area contributed by atoms with Crippen molar-refractivity contribution in [2.45, 2.75) is 6.92 Å². The highest BCUT2D eigenvalue weighted by Crippen LogP contribution is 2.19. The molecule has 3 heteroatoms. The minimum Gasteiger partial charge on any atom is -0.398 e. The molecule has 0 aliphatic heterocycles. The van der Waals surface area contributed by atoms with E-state index in [0.29, 0.717) is 5.69 Å². The SMILES string of the molecule is CC(=O)/C=C/c1cc(Br)ccc1N. The van der Waals surface area contributed by atoms with Crippen LogP contribution in [0.25, 0.3) is 6.08 Å². The number of anilines is 1. The summed E-state index contributed by atoms with van der Waals surface area (Å²) in [5, 5.41) is 0. The first-order valence-electron chi connectivity index (χ1n) is 3.83. The van der Waals surface area contributed by atoms with Gasteiger partial charge in [0.15, 0.2) is 5.78 Å². The monoisotopic (exact) mass is 239 g/mol. The standard InChI is InChI=1S/C10H10BrNO/c1-7(13)2-3-8-6-9(11)4-5-10(8)12/h2-6H,12H2,1H3/b3-2+. The topological polar surface area (TPSA) is 43.1 Å². The van der Waals surface area contributed by atoms with Crippen molar-refractivity contribution >= 4 is 33.5 Å². The van der Waals surface area contributed by atoms with Crippen LogP contribution in [0.2, 0.25) is 0 Å². The normalized spacial score (nSPS) is 10.6. The second-order valence-corrected chi connectivity index (χ2v) is 3.63. The lowest BCUT2D eigenvalue weighted by molar-refractivity contribution is -0.112. The van der Waals surface area contributed by atoms with Crippen molar-refractivity contribution in [1.82, 2.24) is 0 Å². The summed E-state index contributed by atoms with van der Waals surface area (Å²) in [6.07, 6.45) is 3.21. The molecule has 1 aromatic rings. The molecule has 0 heterocycles. The highest BCUT2D eigenvalue weighted by molar-refractivity contribution is 9.10. The fourth-order valence-electron chi connectivity index (χ4n) is 0.897. The molecule has 0 amide bonds. The van der Waals surface area contributed by atoms with E-state index in [9.17, 15) is 4.79 Å². The lowest BCUT2D eigenvalue weighted by atomic mass is 10.1. The predicted molar refractivity (Wildman–Crippen MR) is 58.3 cm³/mol. The molecule has 2 N–H and O–H groups in total. The molecule has 0 aliphatic carbocycles. The van der Waals surface area contributed by atoms with E-state index in [2.05, 4.69) is 15.9 Å². The number of rotatable bonds is 2. The predicted octanol–water partition coefficient (Wildman–Crippen LogP) is 2.63. The Bertz CT molecular complexity index is 358. The number of ketones is 1. The van der Waals surface area contributed by atoms with E-state index in [-0.39, 0.29) is 5.78 Å². The molecule has 1 aromatic carbocycles. The van der Waals surface area contributed by atoms with Crippen LogP contribution in [0.4, 0.5) is 5.69 Å². The number of hydrogen-bond donors (Lipinski definition) is 1. The lowest BCUT2D eigenvalue weighted by Crippen LogP contribution is -1.89. The Labute approximate surface area is 85.6 Å². The van der Waals surface area contributed by atoms with Crippen LogP contribution >= 0.6 is 15.9 Å². The van der Waals surface area contributed by atoms with Gasteiger partial charge in [0, 0.05) is 10.2 Å². The summed E-state index contributed by atoms with van der Waals surface area (Å²) in [5.74, 6) is 0.0133. The summed E-state index contributed by atoms with van der Waals surface area (Å²) in [6, 6.07) is 5.53. The van der Waals surface area contributed by atoms with E-state index in [4.69, 9.17) is 5.73 Å². The van der Waals surface area contributed by atoms with Crippen molar-refractivity contribution < 1.29 is 4.79 Å². The largest absolute Gasteiger partial charge is 0.398 e. The van der Waals surface area contributed by atoms with Gasteiger partial charge in [0.05, 0.1) is 0 Å². The summed E-state index contributed by atoms with van der Waals surface area (Å²) in [6.45, 7) is 1.50. The molecular weight excluding hydrogens is 230 g/mol. The summed E-state index contributed by atoms with van der Waals surface area (Å²) >= 11 is 3.33. The molecule has 0 saturated carbocycles. The number of halogens is 1. The molecule has 0 aromatic heterocycles. The number of hydrogen-bond acceptors (Lipinski definition) is 2. The zero-order valence-corrected chi connectivity index (χ0v) is 8.84. The Morgan fingerprint density at radius 2 is 2.23 bits per heavy atom. The summed E-state index contributed by atoms with van der Waals surface area (Å²) in [5.41, 5.74) is 7.21. The van der Waals surface area contributed by atoms with Crippen molar-refractivity contribution in [2.24, 2.45) is 0 Å². The van der Waals surface area contributed by atoms with E-state index in [1.807, 2.05) is 12.1 Å². The maximum absolute atomic E-state index is 10.7. The second kappa shape index (κ2) is 4.23. The molecule has 13 heavy (non-hydrogen) atoms. The van der Waals surface area contributed by atoms with Crippen LogP contribution in [0.15, 0.2) is 28.7 Å². The molecule has 2 nitrogen and oxygen atoms in total. The van der Waals surface area contributed by atoms with Gasteiger partial charge in [-0.05, 0) is 42.8 Å². The fraction of sp³-hybridized carbons (Fsp3) is 0.100. The smallest absolute Gasteiger partial charge is 0.152 e. The first-order chi connectivity index (χ1) is 6.09. The lowest BCUT2D eigenvalue weighted by Gasteiger charge is -1.99. The first kappa shape index (κ1) is 9.99. The Hall–Kier alpha value is -1.09. The van der Waals surface area contributed by atoms with Gasteiger partial charge in [-0.25, -0.2) is 0 Å². The quantitative estimate of drug-likeness (QED) is 0.637. The van der Waals surface area contributed by atoms with Crippen molar-refractivity contribution in [3.05, 3.63) is 34.3 Å². The van der Waals surface area contributed by atoms with Crippen LogP contribution in [0, 0.1) is 0 Å². The number of nitrogen functional groups attached to an aromatic ring is 1. The van der Waals surface area contributed by atoms with Crippen molar-refractivity contribution in [2.75, 3.05) is 5.73 Å². The number of carbonyl (C=O) groups is 1. The summed E-state index contributed by atoms with van der Waals surface area (Å²) in [7, 11) is 0. The molecule has 0 fully saturated rings. The maximum Gasteiger partial charge on any atom is 0.152 e. The van der Waals surface area contributed by atoms with E-state index in [1.54, 1.807) is 12.1 Å². The highest BCUT2D eigenvalue weighted by Gasteiger charge is 1.95. The van der Waals surface area contributed by atoms with E-state index in [1.165, 1.54) is 13.0 Å². The van der Waals surface area contributed by atoms with Crippen LogP contribution in [0.1, 0.15) is 12.5 Å². The number of allylic oxidation sites excluding steroid dienone is 1. The minimum atomic E-state index is 0.0133. The van der Waals surface area contributed by atoms with Crippen molar-refractivity contribution in [3.8, 4) is 0 Å². The van der Waals surface area contributed by atoms with Gasteiger partial charge in [-0.3, -0.25) is 4.79 Å². The fourth-order valence-corrected chi connectivity index (χ4v) is 1.28. The van der Waals surface area contributed by atoms with Gasteiger partial charge in [-0.1, -0.05) is 15.9 Å². The van der Waals surface area contributed by atoms with Crippen molar-refractivity contribution in [3.63, 3.8) is 0 Å². The molecule has 0 radical (unpaired) electrons. The minimum absolute atomic E-state index is 0.0133. The number of benzene rings is 1. The highest BCUT2D eigenvalue weighted by atomic mass is 79.9. The summed E-state index contributed by atoms with van der Waals surface area (Å²) < 4.78 is 0.949. The van der Waals surface area contributed by atoms with Crippen LogP contribution in [-0.2, 0) is 4.79 Å². The van der Waals surface area contributed by atoms with Gasteiger partial charge in [-0.15, -0.1) is 0 Å². The Balaban J connectivity index is 3.00. The number of nitrogens with two attached hydrogens (primary N) is 1. The molecule has 0 atom stereocenters. The van der Waals surface area contributed by atoms with E-state index in [0.717, 1.165) is 10.0 Å². The van der Waals surface area contributed by atoms with Gasteiger partial charge in [0.1, 0.15) is 0 Å². The molecular formula is C10H10BrNO. The number of carbonyl (C=O) groups excluding carboxylic acids is 1. The van der Waals surface area contributed by atoms with Crippen LogP contribution in [-0.4, -0.2) is 5.78 Å². The Kier molecular flexibility index (Phi) is 3.25. The average Bonchev–Trinajstić information content (AvgIpc) is 2.06. The molecule has 0 spiro atoms. The second-order valence-electron chi connectivity index (χ2n) is 2.72. The zero-order valence-electron chi connectivity index (χ0n) is 7.25. The Morgan fingerprint density at radius 3 is 2.85 bits per heavy atom.